The van der Waals surface area contributed by atoms with Crippen molar-refractivity contribution in [1.82, 2.24) is 9.88 Å². The topological polar surface area (TPSA) is 33.2 Å². The third-order valence-corrected chi connectivity index (χ3v) is 7.75. The molecule has 1 amide bonds. The van der Waals surface area contributed by atoms with Crippen molar-refractivity contribution in [2.24, 2.45) is 0 Å². The molecular weight excluding hydrogens is 348 g/mol. The van der Waals surface area contributed by atoms with Crippen LogP contribution in [0.25, 0.3) is 10.2 Å². The Labute approximate surface area is 155 Å². The van der Waals surface area contributed by atoms with Gasteiger partial charge in [-0.25, -0.2) is 4.98 Å². The number of carbonyl (C=O) groups is 1. The van der Waals surface area contributed by atoms with E-state index >= 15 is 0 Å². The van der Waals surface area contributed by atoms with Crippen molar-refractivity contribution < 1.29 is 4.79 Å². The van der Waals surface area contributed by atoms with Gasteiger partial charge in [0.25, 0.3) is 5.91 Å². The molecule has 128 valence electrons. The van der Waals surface area contributed by atoms with E-state index in [9.17, 15) is 4.79 Å². The van der Waals surface area contributed by atoms with Gasteiger partial charge in [0.05, 0.1) is 20.1 Å². The summed E-state index contributed by atoms with van der Waals surface area (Å²) in [5.74, 6) is 0.604. The Balaban J connectivity index is 1.37. The van der Waals surface area contributed by atoms with E-state index in [-0.39, 0.29) is 5.91 Å². The van der Waals surface area contributed by atoms with Gasteiger partial charge in [0.15, 0.2) is 0 Å². The van der Waals surface area contributed by atoms with Crippen LogP contribution in [0.1, 0.15) is 50.3 Å². The lowest BCUT2D eigenvalue weighted by Crippen LogP contribution is -2.38. The molecule has 1 aromatic carbocycles. The summed E-state index contributed by atoms with van der Waals surface area (Å²) in [5.41, 5.74) is 2.49. The van der Waals surface area contributed by atoms with E-state index in [2.05, 4.69) is 29.2 Å². The molecule has 1 aliphatic heterocycles. The molecule has 1 aliphatic carbocycles. The molecule has 0 spiro atoms. The minimum atomic E-state index is 0.227. The molecule has 0 saturated carbocycles. The van der Waals surface area contributed by atoms with Crippen molar-refractivity contribution in [1.29, 1.82) is 0 Å². The van der Waals surface area contributed by atoms with Gasteiger partial charge in [-0.05, 0) is 55.9 Å². The maximum atomic E-state index is 13.0. The van der Waals surface area contributed by atoms with Crippen LogP contribution in [0.4, 0.5) is 0 Å². The van der Waals surface area contributed by atoms with Crippen LogP contribution < -0.4 is 0 Å². The molecule has 1 fully saturated rings. The second-order valence-electron chi connectivity index (χ2n) is 7.02. The third-order valence-electron chi connectivity index (χ3n) is 5.33. The van der Waals surface area contributed by atoms with Crippen LogP contribution in [0.5, 0.6) is 0 Å². The molecule has 5 rings (SSSR count). The second kappa shape index (κ2) is 6.22. The van der Waals surface area contributed by atoms with Gasteiger partial charge in [0.2, 0.25) is 0 Å². The van der Waals surface area contributed by atoms with E-state index in [1.54, 1.807) is 22.7 Å². The molecule has 1 atom stereocenters. The number of rotatable bonds is 2. The second-order valence-corrected chi connectivity index (χ2v) is 9.22. The van der Waals surface area contributed by atoms with Crippen LogP contribution in [0.2, 0.25) is 0 Å². The van der Waals surface area contributed by atoms with Crippen LogP contribution in [-0.4, -0.2) is 28.9 Å². The summed E-state index contributed by atoms with van der Waals surface area (Å²) >= 11 is 3.51. The molecule has 2 aromatic heterocycles. The molecule has 3 nitrogen and oxygen atoms in total. The normalized spacial score (nSPS) is 20.2. The smallest absolute Gasteiger partial charge is 0.263 e. The molecule has 2 aliphatic rings. The number of benzene rings is 1. The van der Waals surface area contributed by atoms with Crippen molar-refractivity contribution in [2.75, 3.05) is 13.1 Å². The highest BCUT2D eigenvalue weighted by atomic mass is 32.1. The number of aryl methyl sites for hydroxylation is 2. The zero-order chi connectivity index (χ0) is 16.8. The average molecular weight is 369 g/mol. The Morgan fingerprint density at radius 3 is 2.96 bits per heavy atom. The van der Waals surface area contributed by atoms with Crippen molar-refractivity contribution in [3.8, 4) is 0 Å². The molecule has 3 aromatic rings. The van der Waals surface area contributed by atoms with E-state index in [1.807, 2.05) is 6.07 Å². The summed E-state index contributed by atoms with van der Waals surface area (Å²) in [5, 5.41) is 1.19. The van der Waals surface area contributed by atoms with Crippen LogP contribution >= 0.6 is 22.7 Å². The van der Waals surface area contributed by atoms with E-state index in [1.165, 1.54) is 26.6 Å². The Bertz CT molecular complexity index is 888. The van der Waals surface area contributed by atoms with Crippen LogP contribution in [0, 0.1) is 0 Å². The van der Waals surface area contributed by atoms with Gasteiger partial charge in [-0.3, -0.25) is 4.79 Å². The Morgan fingerprint density at radius 2 is 2.08 bits per heavy atom. The van der Waals surface area contributed by atoms with Crippen LogP contribution in [-0.2, 0) is 12.8 Å². The van der Waals surface area contributed by atoms with E-state index < -0.39 is 0 Å². The quantitative estimate of drug-likeness (QED) is 0.647. The summed E-state index contributed by atoms with van der Waals surface area (Å²) in [6.07, 6.45) is 5.75. The first-order valence-corrected chi connectivity index (χ1v) is 10.7. The largest absolute Gasteiger partial charge is 0.337 e. The molecular formula is C20H20N2OS2. The lowest BCUT2D eigenvalue weighted by atomic mass is 9.98. The number of para-hydroxylation sites is 1. The highest BCUT2D eigenvalue weighted by Crippen LogP contribution is 2.35. The van der Waals surface area contributed by atoms with Gasteiger partial charge in [0.1, 0.15) is 0 Å². The van der Waals surface area contributed by atoms with Gasteiger partial charge in [-0.15, -0.1) is 22.7 Å². The molecule has 0 bridgehead atoms. The number of nitrogens with zero attached hydrogens (tertiary/aromatic N) is 2. The summed E-state index contributed by atoms with van der Waals surface area (Å²) < 4.78 is 1.25. The monoisotopic (exact) mass is 368 g/mol. The van der Waals surface area contributed by atoms with Gasteiger partial charge in [0, 0.05) is 23.9 Å². The highest BCUT2D eigenvalue weighted by Gasteiger charge is 2.29. The van der Waals surface area contributed by atoms with Gasteiger partial charge < -0.3 is 4.90 Å². The number of hydrogen-bond acceptors (Lipinski definition) is 4. The Morgan fingerprint density at radius 1 is 1.16 bits per heavy atom. The number of thiophene rings is 1. The molecule has 1 saturated heterocycles. The molecule has 5 heteroatoms. The van der Waals surface area contributed by atoms with E-state index in [0.29, 0.717) is 5.92 Å². The lowest BCUT2D eigenvalue weighted by molar-refractivity contribution is 0.0712. The third kappa shape index (κ3) is 2.79. The maximum Gasteiger partial charge on any atom is 0.263 e. The minimum Gasteiger partial charge on any atom is -0.337 e. The Kier molecular flexibility index (Phi) is 3.86. The first-order chi connectivity index (χ1) is 12.3. The number of piperidine rings is 1. The number of fused-ring (bicyclic) bond motifs is 2. The lowest BCUT2D eigenvalue weighted by Gasteiger charge is -2.31. The number of thiazole rings is 1. The van der Waals surface area contributed by atoms with Crippen LogP contribution in [0.3, 0.4) is 0 Å². The molecule has 25 heavy (non-hydrogen) atoms. The summed E-state index contributed by atoms with van der Waals surface area (Å²) in [4.78, 5) is 22.2. The number of hydrogen-bond donors (Lipinski definition) is 0. The molecule has 3 heterocycles. The fourth-order valence-electron chi connectivity index (χ4n) is 4.02. The van der Waals surface area contributed by atoms with Crippen LogP contribution in [0.15, 0.2) is 30.3 Å². The van der Waals surface area contributed by atoms with Crippen molar-refractivity contribution >= 4 is 38.8 Å². The highest BCUT2D eigenvalue weighted by molar-refractivity contribution is 7.18. The number of amides is 1. The fourth-order valence-corrected chi connectivity index (χ4v) is 6.33. The zero-order valence-electron chi connectivity index (χ0n) is 14.0. The predicted octanol–water partition coefficient (Wildman–Crippen LogP) is 4.87. The standard InChI is InChI=1S/C20H20N2OS2/c23-20(18-11-13-5-3-9-16(13)24-18)22-10-4-6-14(12-22)19-21-15-7-1-2-8-17(15)25-19/h1-2,7-8,11,14H,3-6,9-10,12H2/t14-/m0/s1. The summed E-state index contributed by atoms with van der Waals surface area (Å²) in [7, 11) is 0. The van der Waals surface area contributed by atoms with Gasteiger partial charge in [-0.2, -0.15) is 0 Å². The number of likely N-dealkylation sites (tertiary alicyclic amines) is 1. The summed E-state index contributed by atoms with van der Waals surface area (Å²) in [6.45, 7) is 1.68. The molecule has 0 unspecified atom stereocenters. The first-order valence-electron chi connectivity index (χ1n) is 9.04. The first kappa shape index (κ1) is 15.5. The van der Waals surface area contributed by atoms with E-state index in [4.69, 9.17) is 4.98 Å². The minimum absolute atomic E-state index is 0.227. The van der Waals surface area contributed by atoms with Gasteiger partial charge in [-0.1, -0.05) is 12.1 Å². The molecule has 0 radical (unpaired) electrons. The molecule has 0 N–H and O–H groups in total. The predicted molar refractivity (Wildman–Crippen MR) is 104 cm³/mol. The van der Waals surface area contributed by atoms with E-state index in [0.717, 1.165) is 49.2 Å². The maximum absolute atomic E-state index is 13.0. The SMILES string of the molecule is O=C(c1cc2c(s1)CCC2)N1CCC[C@H](c2nc3ccccc3s2)C1. The van der Waals surface area contributed by atoms with Gasteiger partial charge >= 0.3 is 0 Å². The van der Waals surface area contributed by atoms with Crippen molar-refractivity contribution in [3.05, 3.63) is 50.7 Å². The van der Waals surface area contributed by atoms with Crippen molar-refractivity contribution in [3.63, 3.8) is 0 Å². The summed E-state index contributed by atoms with van der Waals surface area (Å²) in [6, 6.07) is 10.5. The average Bonchev–Trinajstić information content (AvgIpc) is 3.34. The van der Waals surface area contributed by atoms with Crippen molar-refractivity contribution in [2.45, 2.75) is 38.0 Å². The zero-order valence-corrected chi connectivity index (χ0v) is 15.7. The Hall–Kier alpha value is -1.72. The fraction of sp³-hybridized carbons (Fsp3) is 0.400. The number of carbonyl (C=O) groups excluding carboxylic acids is 1. The number of aromatic nitrogens is 1.